The fourth-order valence-corrected chi connectivity index (χ4v) is 2.33. The molecule has 4 heteroatoms. The lowest BCUT2D eigenvalue weighted by molar-refractivity contribution is 0.0787. The first-order chi connectivity index (χ1) is 9.79. The normalized spacial score (nSPS) is 16.8. The summed E-state index contributed by atoms with van der Waals surface area (Å²) in [6.07, 6.45) is 2.42. The van der Waals surface area contributed by atoms with E-state index in [2.05, 4.69) is 4.98 Å². The molecule has 102 valence electrons. The third-order valence-corrected chi connectivity index (χ3v) is 3.45. The lowest BCUT2D eigenvalue weighted by Gasteiger charge is -2.12. The van der Waals surface area contributed by atoms with E-state index >= 15 is 0 Å². The van der Waals surface area contributed by atoms with Crippen molar-refractivity contribution in [2.24, 2.45) is 0 Å². The van der Waals surface area contributed by atoms with Crippen LogP contribution >= 0.6 is 0 Å². The van der Waals surface area contributed by atoms with Crippen molar-refractivity contribution in [3.63, 3.8) is 0 Å². The zero-order valence-electron chi connectivity index (χ0n) is 11.2. The summed E-state index contributed by atoms with van der Waals surface area (Å²) >= 11 is 0. The Balaban J connectivity index is 1.90. The molecule has 1 aliphatic heterocycles. The number of nitrogens with zero attached hydrogens (tertiary/aromatic N) is 1. The average molecular weight is 269 g/mol. The Morgan fingerprint density at radius 3 is 2.95 bits per heavy atom. The minimum absolute atomic E-state index is 0.00252. The van der Waals surface area contributed by atoms with Gasteiger partial charge in [-0.15, -0.1) is 0 Å². The number of aldehydes is 1. The van der Waals surface area contributed by atoms with E-state index in [9.17, 15) is 4.79 Å². The maximum atomic E-state index is 11.1. The molecule has 2 heterocycles. The fraction of sp³-hybridized carbons (Fsp3) is 0.250. The molecule has 1 aromatic carbocycles. The van der Waals surface area contributed by atoms with Crippen molar-refractivity contribution in [3.8, 4) is 5.75 Å². The van der Waals surface area contributed by atoms with E-state index in [1.54, 1.807) is 6.20 Å². The predicted octanol–water partition coefficient (Wildman–Crippen LogP) is 3.06. The molecule has 0 saturated heterocycles. The van der Waals surface area contributed by atoms with Crippen LogP contribution < -0.4 is 4.74 Å². The number of pyridine rings is 1. The highest BCUT2D eigenvalue weighted by Gasteiger charge is 2.25. The maximum absolute atomic E-state index is 11.1. The number of hydrogen-bond acceptors (Lipinski definition) is 4. The summed E-state index contributed by atoms with van der Waals surface area (Å²) in [6, 6.07) is 9.83. The van der Waals surface area contributed by atoms with Gasteiger partial charge in [-0.1, -0.05) is 30.3 Å². The van der Waals surface area contributed by atoms with Crippen LogP contribution in [0, 0.1) is 0 Å². The lowest BCUT2D eigenvalue weighted by atomic mass is 10.1. The molecular weight excluding hydrogens is 254 g/mol. The summed E-state index contributed by atoms with van der Waals surface area (Å²) in [6.45, 7) is 2.84. The molecule has 4 nitrogen and oxygen atoms in total. The Morgan fingerprint density at radius 1 is 1.40 bits per heavy atom. The van der Waals surface area contributed by atoms with Gasteiger partial charge >= 0.3 is 0 Å². The monoisotopic (exact) mass is 269 g/mol. The number of aromatic nitrogens is 1. The van der Waals surface area contributed by atoms with Gasteiger partial charge in [-0.2, -0.15) is 0 Å². The molecular formula is C16H15NO3. The van der Waals surface area contributed by atoms with Crippen LogP contribution in [0.1, 0.15) is 40.2 Å². The van der Waals surface area contributed by atoms with E-state index < -0.39 is 0 Å². The van der Waals surface area contributed by atoms with Crippen LogP contribution in [0.5, 0.6) is 5.75 Å². The molecule has 2 aromatic rings. The summed E-state index contributed by atoms with van der Waals surface area (Å²) in [4.78, 5) is 15.3. The first-order valence-corrected chi connectivity index (χ1v) is 6.55. The summed E-state index contributed by atoms with van der Waals surface area (Å²) < 4.78 is 11.4. The van der Waals surface area contributed by atoms with E-state index in [-0.39, 0.29) is 6.10 Å². The molecule has 1 aromatic heterocycles. The Morgan fingerprint density at radius 2 is 2.20 bits per heavy atom. The SMILES string of the molecule is CC1OCc2c1cnc(C=O)c2OCc1ccccc1. The standard InChI is InChI=1S/C16H15NO3/c1-11-13-7-17-15(8-18)16(14(13)10-19-11)20-9-12-5-3-2-4-6-12/h2-8,11H,9-10H2,1H3. The van der Waals surface area contributed by atoms with Crippen molar-refractivity contribution in [2.75, 3.05) is 0 Å². The third kappa shape index (κ3) is 2.30. The summed E-state index contributed by atoms with van der Waals surface area (Å²) in [5.74, 6) is 0.547. The Kier molecular flexibility index (Phi) is 3.48. The maximum Gasteiger partial charge on any atom is 0.172 e. The van der Waals surface area contributed by atoms with Crippen molar-refractivity contribution in [1.82, 2.24) is 4.98 Å². The first kappa shape index (κ1) is 12.8. The molecule has 1 atom stereocenters. The van der Waals surface area contributed by atoms with Gasteiger partial charge < -0.3 is 9.47 Å². The van der Waals surface area contributed by atoms with Crippen LogP contribution in [0.2, 0.25) is 0 Å². The van der Waals surface area contributed by atoms with E-state index in [0.29, 0.717) is 24.7 Å². The molecule has 0 fully saturated rings. The minimum Gasteiger partial charge on any atom is -0.486 e. The zero-order chi connectivity index (χ0) is 13.9. The highest BCUT2D eigenvalue weighted by molar-refractivity contribution is 5.77. The van der Waals surface area contributed by atoms with Gasteiger partial charge in [0.25, 0.3) is 0 Å². The van der Waals surface area contributed by atoms with Gasteiger partial charge in [-0.05, 0) is 12.5 Å². The van der Waals surface area contributed by atoms with E-state index in [4.69, 9.17) is 9.47 Å². The topological polar surface area (TPSA) is 48.4 Å². The number of hydrogen-bond donors (Lipinski definition) is 0. The lowest BCUT2D eigenvalue weighted by Crippen LogP contribution is -2.04. The smallest absolute Gasteiger partial charge is 0.172 e. The van der Waals surface area contributed by atoms with Gasteiger partial charge in [0.05, 0.1) is 12.7 Å². The van der Waals surface area contributed by atoms with Crippen molar-refractivity contribution in [1.29, 1.82) is 0 Å². The number of ether oxygens (including phenoxy) is 2. The average Bonchev–Trinajstić information content (AvgIpc) is 2.87. The van der Waals surface area contributed by atoms with Crippen molar-refractivity contribution < 1.29 is 14.3 Å². The molecule has 1 unspecified atom stereocenters. The van der Waals surface area contributed by atoms with Crippen LogP contribution in [-0.4, -0.2) is 11.3 Å². The Labute approximate surface area is 117 Å². The quantitative estimate of drug-likeness (QED) is 0.800. The highest BCUT2D eigenvalue weighted by Crippen LogP contribution is 2.37. The second kappa shape index (κ2) is 5.43. The van der Waals surface area contributed by atoms with Gasteiger partial charge in [0.15, 0.2) is 12.0 Å². The summed E-state index contributed by atoms with van der Waals surface area (Å²) in [5.41, 5.74) is 3.32. The Hall–Kier alpha value is -2.20. The molecule has 0 bridgehead atoms. The van der Waals surface area contributed by atoms with Crippen molar-refractivity contribution in [3.05, 3.63) is 58.9 Å². The molecule has 0 radical (unpaired) electrons. The van der Waals surface area contributed by atoms with Gasteiger partial charge in [-0.25, -0.2) is 4.98 Å². The molecule has 0 saturated carbocycles. The highest BCUT2D eigenvalue weighted by atomic mass is 16.5. The van der Waals surface area contributed by atoms with Gasteiger partial charge in [-0.3, -0.25) is 4.79 Å². The van der Waals surface area contributed by atoms with Gasteiger partial charge in [0, 0.05) is 17.3 Å². The number of fused-ring (bicyclic) bond motifs is 1. The Bertz CT molecular complexity index is 625. The number of carbonyl (C=O) groups excluding carboxylic acids is 1. The second-order valence-electron chi connectivity index (χ2n) is 4.75. The number of carbonyl (C=O) groups is 1. The van der Waals surface area contributed by atoms with E-state index in [1.165, 1.54) is 0 Å². The van der Waals surface area contributed by atoms with E-state index in [1.807, 2.05) is 37.3 Å². The van der Waals surface area contributed by atoms with Crippen molar-refractivity contribution >= 4 is 6.29 Å². The van der Waals surface area contributed by atoms with Crippen LogP contribution in [-0.2, 0) is 18.0 Å². The third-order valence-electron chi connectivity index (χ3n) is 3.45. The second-order valence-corrected chi connectivity index (χ2v) is 4.75. The summed E-state index contributed by atoms with van der Waals surface area (Å²) in [7, 11) is 0. The van der Waals surface area contributed by atoms with Crippen LogP contribution in [0.4, 0.5) is 0 Å². The van der Waals surface area contributed by atoms with Crippen LogP contribution in [0.25, 0.3) is 0 Å². The molecule has 0 N–H and O–H groups in total. The van der Waals surface area contributed by atoms with Crippen LogP contribution in [0.3, 0.4) is 0 Å². The van der Waals surface area contributed by atoms with Crippen LogP contribution in [0.15, 0.2) is 36.5 Å². The minimum atomic E-state index is -0.00252. The molecule has 0 aliphatic carbocycles. The molecule has 0 amide bonds. The molecule has 20 heavy (non-hydrogen) atoms. The predicted molar refractivity (Wildman–Crippen MR) is 73.6 cm³/mol. The number of rotatable bonds is 4. The molecule has 1 aliphatic rings. The first-order valence-electron chi connectivity index (χ1n) is 6.55. The number of benzene rings is 1. The fourth-order valence-electron chi connectivity index (χ4n) is 2.33. The van der Waals surface area contributed by atoms with E-state index in [0.717, 1.165) is 23.0 Å². The molecule has 3 rings (SSSR count). The summed E-state index contributed by atoms with van der Waals surface area (Å²) in [5, 5.41) is 0. The largest absolute Gasteiger partial charge is 0.486 e. The van der Waals surface area contributed by atoms with Gasteiger partial charge in [0.1, 0.15) is 12.3 Å². The van der Waals surface area contributed by atoms with Gasteiger partial charge in [0.2, 0.25) is 0 Å². The molecule has 0 spiro atoms. The van der Waals surface area contributed by atoms with Crippen molar-refractivity contribution in [2.45, 2.75) is 26.2 Å². The zero-order valence-corrected chi connectivity index (χ0v) is 11.2.